The van der Waals surface area contributed by atoms with Gasteiger partial charge in [0.15, 0.2) is 0 Å². The van der Waals surface area contributed by atoms with Crippen LogP contribution >= 0.6 is 0 Å². The Labute approximate surface area is 158 Å². The van der Waals surface area contributed by atoms with Gasteiger partial charge in [0.25, 0.3) is 0 Å². The molecule has 3 aromatic rings. The van der Waals surface area contributed by atoms with Gasteiger partial charge in [-0.1, -0.05) is 12.1 Å². The molecule has 0 aliphatic rings. The Morgan fingerprint density at radius 3 is 2.89 bits per heavy atom. The van der Waals surface area contributed by atoms with Gasteiger partial charge >= 0.3 is 6.03 Å². The van der Waals surface area contributed by atoms with Crippen molar-refractivity contribution in [3.05, 3.63) is 48.2 Å². The number of rotatable bonds is 6. The minimum absolute atomic E-state index is 0.180. The van der Waals surface area contributed by atoms with Crippen molar-refractivity contribution in [3.63, 3.8) is 0 Å². The van der Waals surface area contributed by atoms with Gasteiger partial charge in [-0.3, -0.25) is 4.98 Å². The summed E-state index contributed by atoms with van der Waals surface area (Å²) < 4.78 is 7.15. The van der Waals surface area contributed by atoms with Gasteiger partial charge in [-0.25, -0.2) is 14.5 Å². The number of fused-ring (bicyclic) bond motifs is 1. The van der Waals surface area contributed by atoms with E-state index in [9.17, 15) is 4.79 Å². The van der Waals surface area contributed by atoms with E-state index in [-0.39, 0.29) is 12.1 Å². The molecule has 2 heterocycles. The number of benzene rings is 1. The second kappa shape index (κ2) is 8.03. The molecule has 8 nitrogen and oxygen atoms in total. The normalized spacial score (nSPS) is 12.0. The summed E-state index contributed by atoms with van der Waals surface area (Å²) in [5, 5.41) is 8.09. The van der Waals surface area contributed by atoms with Crippen LogP contribution in [0, 0.1) is 0 Å². The maximum absolute atomic E-state index is 12.6. The van der Waals surface area contributed by atoms with E-state index in [1.807, 2.05) is 38.1 Å². The molecule has 1 aromatic carbocycles. The SMILES string of the molecule is CCn1ncnc1[C@@H](C)NC(=O)N(C)Cc1ccc(OC)c2ncccc12. The van der Waals surface area contributed by atoms with Gasteiger partial charge in [0.1, 0.15) is 23.4 Å². The summed E-state index contributed by atoms with van der Waals surface area (Å²) in [4.78, 5) is 22.9. The number of aryl methyl sites for hydroxylation is 1. The highest BCUT2D eigenvalue weighted by atomic mass is 16.5. The molecule has 0 aliphatic carbocycles. The van der Waals surface area contributed by atoms with Crippen LogP contribution < -0.4 is 10.1 Å². The summed E-state index contributed by atoms with van der Waals surface area (Å²) in [5.41, 5.74) is 1.79. The van der Waals surface area contributed by atoms with Crippen LogP contribution in [0.1, 0.15) is 31.3 Å². The summed E-state index contributed by atoms with van der Waals surface area (Å²) in [6, 6.07) is 7.29. The highest BCUT2D eigenvalue weighted by Crippen LogP contribution is 2.27. The lowest BCUT2D eigenvalue weighted by atomic mass is 10.1. The fourth-order valence-electron chi connectivity index (χ4n) is 3.05. The zero-order chi connectivity index (χ0) is 19.4. The van der Waals surface area contributed by atoms with Crippen LogP contribution in [0.2, 0.25) is 0 Å². The summed E-state index contributed by atoms with van der Waals surface area (Å²) in [5.74, 6) is 1.45. The Hall–Kier alpha value is -3.16. The van der Waals surface area contributed by atoms with Crippen molar-refractivity contribution in [3.8, 4) is 5.75 Å². The van der Waals surface area contributed by atoms with Crippen molar-refractivity contribution >= 4 is 16.9 Å². The molecule has 1 N–H and O–H groups in total. The zero-order valence-electron chi connectivity index (χ0n) is 16.0. The van der Waals surface area contributed by atoms with Crippen molar-refractivity contribution in [1.29, 1.82) is 0 Å². The third-order valence-corrected chi connectivity index (χ3v) is 4.47. The third kappa shape index (κ3) is 3.84. The molecule has 0 aliphatic heterocycles. The molecule has 0 unspecified atom stereocenters. The molecule has 27 heavy (non-hydrogen) atoms. The predicted octanol–water partition coefficient (Wildman–Crippen LogP) is 2.76. The Morgan fingerprint density at radius 2 is 2.15 bits per heavy atom. The number of carbonyl (C=O) groups excluding carboxylic acids is 1. The van der Waals surface area contributed by atoms with Crippen molar-refractivity contribution in [2.24, 2.45) is 0 Å². The lowest BCUT2D eigenvalue weighted by Gasteiger charge is -2.22. The van der Waals surface area contributed by atoms with E-state index in [0.717, 1.165) is 22.3 Å². The summed E-state index contributed by atoms with van der Waals surface area (Å²) in [6.45, 7) is 5.04. The molecule has 142 valence electrons. The number of ether oxygens (including phenoxy) is 1. The summed E-state index contributed by atoms with van der Waals surface area (Å²) in [7, 11) is 3.39. The van der Waals surface area contributed by atoms with E-state index in [1.165, 1.54) is 6.33 Å². The first kappa shape index (κ1) is 18.6. The number of carbonyl (C=O) groups is 1. The zero-order valence-corrected chi connectivity index (χ0v) is 16.0. The van der Waals surface area contributed by atoms with E-state index in [0.29, 0.717) is 18.8 Å². The summed E-state index contributed by atoms with van der Waals surface area (Å²) >= 11 is 0. The molecule has 0 spiro atoms. The monoisotopic (exact) mass is 368 g/mol. The molecule has 3 rings (SSSR count). The van der Waals surface area contributed by atoms with E-state index in [1.54, 1.807) is 29.9 Å². The van der Waals surface area contributed by atoms with E-state index in [2.05, 4.69) is 20.4 Å². The van der Waals surface area contributed by atoms with Gasteiger partial charge in [0.05, 0.1) is 13.2 Å². The molecule has 2 amide bonds. The quantitative estimate of drug-likeness (QED) is 0.723. The van der Waals surface area contributed by atoms with Gasteiger partial charge in [-0.15, -0.1) is 0 Å². The minimum Gasteiger partial charge on any atom is -0.494 e. The van der Waals surface area contributed by atoms with Crippen LogP contribution in [-0.2, 0) is 13.1 Å². The second-order valence-electron chi connectivity index (χ2n) is 6.29. The van der Waals surface area contributed by atoms with E-state index in [4.69, 9.17) is 4.74 Å². The molecule has 0 saturated carbocycles. The van der Waals surface area contributed by atoms with Gasteiger partial charge in [-0.2, -0.15) is 5.10 Å². The molecule has 0 radical (unpaired) electrons. The van der Waals surface area contributed by atoms with Crippen LogP contribution in [-0.4, -0.2) is 44.8 Å². The van der Waals surface area contributed by atoms with Crippen molar-refractivity contribution < 1.29 is 9.53 Å². The maximum Gasteiger partial charge on any atom is 0.318 e. The Balaban J connectivity index is 1.74. The second-order valence-corrected chi connectivity index (χ2v) is 6.29. The minimum atomic E-state index is -0.239. The Kier molecular flexibility index (Phi) is 5.54. The number of nitrogens with one attached hydrogen (secondary N) is 1. The fourth-order valence-corrected chi connectivity index (χ4v) is 3.05. The lowest BCUT2D eigenvalue weighted by molar-refractivity contribution is 0.203. The molecule has 1 atom stereocenters. The number of nitrogens with zero attached hydrogens (tertiary/aromatic N) is 5. The fraction of sp³-hybridized carbons (Fsp3) is 0.368. The maximum atomic E-state index is 12.6. The Bertz CT molecular complexity index is 939. The number of amides is 2. The third-order valence-electron chi connectivity index (χ3n) is 4.47. The number of urea groups is 1. The molecular formula is C19H24N6O2. The number of methoxy groups -OCH3 is 1. The van der Waals surface area contributed by atoms with Crippen molar-refractivity contribution in [2.75, 3.05) is 14.2 Å². The van der Waals surface area contributed by atoms with Gasteiger partial charge in [-0.05, 0) is 31.5 Å². The Morgan fingerprint density at radius 1 is 1.33 bits per heavy atom. The number of hydrogen-bond acceptors (Lipinski definition) is 5. The molecule has 0 fully saturated rings. The topological polar surface area (TPSA) is 85.2 Å². The molecular weight excluding hydrogens is 344 g/mol. The highest BCUT2D eigenvalue weighted by molar-refractivity contribution is 5.87. The van der Waals surface area contributed by atoms with Gasteiger partial charge in [0.2, 0.25) is 0 Å². The van der Waals surface area contributed by atoms with Crippen LogP contribution in [0.5, 0.6) is 5.75 Å². The van der Waals surface area contributed by atoms with Gasteiger partial charge < -0.3 is 15.0 Å². The van der Waals surface area contributed by atoms with E-state index < -0.39 is 0 Å². The van der Waals surface area contributed by atoms with Gasteiger partial charge in [0, 0.05) is 31.7 Å². The average Bonchev–Trinajstić information content (AvgIpc) is 3.17. The molecule has 8 heteroatoms. The molecule has 2 aromatic heterocycles. The number of pyridine rings is 1. The first-order chi connectivity index (χ1) is 13.0. The average molecular weight is 368 g/mol. The largest absolute Gasteiger partial charge is 0.494 e. The predicted molar refractivity (Wildman–Crippen MR) is 102 cm³/mol. The first-order valence-corrected chi connectivity index (χ1v) is 8.85. The molecule has 0 saturated heterocycles. The van der Waals surface area contributed by atoms with Crippen LogP contribution in [0.4, 0.5) is 4.79 Å². The lowest BCUT2D eigenvalue weighted by Crippen LogP contribution is -2.39. The standard InChI is InChI=1S/C19H24N6O2/c1-5-25-18(21-12-22-25)13(2)23-19(26)24(3)11-14-8-9-16(27-4)17-15(14)7-6-10-20-17/h6-10,12-13H,5,11H2,1-4H3,(H,23,26)/t13-/m1/s1. The number of hydrogen-bond donors (Lipinski definition) is 1. The smallest absolute Gasteiger partial charge is 0.318 e. The molecule has 0 bridgehead atoms. The highest BCUT2D eigenvalue weighted by Gasteiger charge is 2.18. The van der Waals surface area contributed by atoms with Crippen LogP contribution in [0.25, 0.3) is 10.9 Å². The summed E-state index contributed by atoms with van der Waals surface area (Å²) in [6.07, 6.45) is 3.23. The van der Waals surface area contributed by atoms with Crippen LogP contribution in [0.15, 0.2) is 36.8 Å². The van der Waals surface area contributed by atoms with Crippen LogP contribution in [0.3, 0.4) is 0 Å². The number of aromatic nitrogens is 4. The first-order valence-electron chi connectivity index (χ1n) is 8.85. The van der Waals surface area contributed by atoms with Crippen molar-refractivity contribution in [2.45, 2.75) is 33.0 Å². The van der Waals surface area contributed by atoms with E-state index >= 15 is 0 Å². The van der Waals surface area contributed by atoms with Crippen molar-refractivity contribution in [1.82, 2.24) is 30.0 Å².